The van der Waals surface area contributed by atoms with Crippen LogP contribution in [0.25, 0.3) is 0 Å². The molecule has 174 valence electrons. The van der Waals surface area contributed by atoms with Crippen molar-refractivity contribution >= 4 is 5.97 Å². The van der Waals surface area contributed by atoms with Crippen molar-refractivity contribution < 1.29 is 19.4 Å². The molecule has 3 rings (SSSR count). The Hall–Kier alpha value is -2.41. The highest BCUT2D eigenvalue weighted by Gasteiger charge is 2.20. The number of carboxylic acids is 1. The first-order valence-corrected chi connectivity index (χ1v) is 11.6. The number of aliphatic carboxylic acids is 1. The number of para-hydroxylation sites is 1. The number of carboxylic acid groups (broad SMARTS) is 1. The summed E-state index contributed by atoms with van der Waals surface area (Å²) in [5.41, 5.74) is 2.51. The standard InChI is InChI=1S/C26H36N2O4/c1-27-15-17-28(18-16-27)20-24(31-19-7-12-26(29)30)21-32-25-11-6-5-10-23(25)14-13-22-8-3-2-4-9-22/h2-6,8-11,24H,7,12-21H2,1H3,(H,29,30). The predicted octanol–water partition coefficient (Wildman–Crippen LogP) is 3.35. The summed E-state index contributed by atoms with van der Waals surface area (Å²) in [6.07, 6.45) is 2.45. The zero-order valence-corrected chi connectivity index (χ0v) is 19.1. The van der Waals surface area contributed by atoms with Gasteiger partial charge in [0.25, 0.3) is 0 Å². The van der Waals surface area contributed by atoms with E-state index in [-0.39, 0.29) is 12.5 Å². The molecule has 32 heavy (non-hydrogen) atoms. The number of carbonyl (C=O) groups is 1. The van der Waals surface area contributed by atoms with Crippen LogP contribution in [0.2, 0.25) is 0 Å². The SMILES string of the molecule is CN1CCN(CC(COc2ccccc2CCc2ccccc2)OCCCC(=O)O)CC1. The molecule has 6 nitrogen and oxygen atoms in total. The third-order valence-corrected chi connectivity index (χ3v) is 5.87. The van der Waals surface area contributed by atoms with Gasteiger partial charge in [0.1, 0.15) is 18.5 Å². The monoisotopic (exact) mass is 440 g/mol. The van der Waals surface area contributed by atoms with Crippen LogP contribution >= 0.6 is 0 Å². The van der Waals surface area contributed by atoms with Crippen LogP contribution < -0.4 is 4.74 Å². The molecule has 0 aromatic heterocycles. The largest absolute Gasteiger partial charge is 0.491 e. The van der Waals surface area contributed by atoms with E-state index in [1.807, 2.05) is 18.2 Å². The van der Waals surface area contributed by atoms with Crippen molar-refractivity contribution in [3.05, 3.63) is 65.7 Å². The van der Waals surface area contributed by atoms with Crippen molar-refractivity contribution in [2.45, 2.75) is 31.8 Å². The van der Waals surface area contributed by atoms with Crippen LogP contribution in [0.4, 0.5) is 0 Å². The van der Waals surface area contributed by atoms with Crippen molar-refractivity contribution in [2.75, 3.05) is 53.0 Å². The molecule has 0 aliphatic carbocycles. The number of hydrogen-bond donors (Lipinski definition) is 1. The molecule has 1 atom stereocenters. The van der Waals surface area contributed by atoms with Crippen molar-refractivity contribution in [2.24, 2.45) is 0 Å². The minimum Gasteiger partial charge on any atom is -0.491 e. The van der Waals surface area contributed by atoms with Crippen LogP contribution in [0.15, 0.2) is 54.6 Å². The van der Waals surface area contributed by atoms with E-state index in [4.69, 9.17) is 14.6 Å². The molecule has 0 spiro atoms. The van der Waals surface area contributed by atoms with Gasteiger partial charge >= 0.3 is 5.97 Å². The molecule has 0 bridgehead atoms. The summed E-state index contributed by atoms with van der Waals surface area (Å²) in [5.74, 6) is 0.119. The third-order valence-electron chi connectivity index (χ3n) is 5.87. The fraction of sp³-hybridized carbons (Fsp3) is 0.500. The molecule has 1 N–H and O–H groups in total. The van der Waals surface area contributed by atoms with Gasteiger partial charge in [0.2, 0.25) is 0 Å². The number of likely N-dealkylation sites (N-methyl/N-ethyl adjacent to an activating group) is 1. The van der Waals surface area contributed by atoms with Crippen LogP contribution in [0, 0.1) is 0 Å². The fourth-order valence-electron chi connectivity index (χ4n) is 3.90. The number of rotatable bonds is 13. The van der Waals surface area contributed by atoms with Gasteiger partial charge < -0.3 is 19.5 Å². The van der Waals surface area contributed by atoms with Crippen LogP contribution in [-0.2, 0) is 22.4 Å². The maximum absolute atomic E-state index is 10.8. The summed E-state index contributed by atoms with van der Waals surface area (Å²) in [7, 11) is 2.15. The van der Waals surface area contributed by atoms with E-state index in [2.05, 4.69) is 53.2 Å². The fourth-order valence-corrected chi connectivity index (χ4v) is 3.90. The van der Waals surface area contributed by atoms with Gasteiger partial charge in [-0.3, -0.25) is 9.69 Å². The Morgan fingerprint density at radius 2 is 1.72 bits per heavy atom. The first-order chi connectivity index (χ1) is 15.6. The Morgan fingerprint density at radius 1 is 1.00 bits per heavy atom. The minimum atomic E-state index is -0.784. The van der Waals surface area contributed by atoms with Crippen LogP contribution in [0.5, 0.6) is 5.75 Å². The number of aryl methyl sites for hydroxylation is 2. The number of piperazine rings is 1. The second-order valence-electron chi connectivity index (χ2n) is 8.50. The lowest BCUT2D eigenvalue weighted by atomic mass is 10.0. The van der Waals surface area contributed by atoms with Crippen molar-refractivity contribution in [3.8, 4) is 5.75 Å². The molecule has 1 saturated heterocycles. The van der Waals surface area contributed by atoms with E-state index in [0.29, 0.717) is 19.6 Å². The molecule has 6 heteroatoms. The lowest BCUT2D eigenvalue weighted by molar-refractivity contribution is -0.137. The molecule has 1 unspecified atom stereocenters. The molecular weight excluding hydrogens is 404 g/mol. The van der Waals surface area contributed by atoms with Gasteiger partial charge in [0, 0.05) is 45.8 Å². The molecule has 1 fully saturated rings. The topological polar surface area (TPSA) is 62.2 Å². The number of hydrogen-bond acceptors (Lipinski definition) is 5. The lowest BCUT2D eigenvalue weighted by Crippen LogP contribution is -2.48. The molecule has 1 aliphatic rings. The smallest absolute Gasteiger partial charge is 0.303 e. The Labute approximate surface area is 191 Å². The van der Waals surface area contributed by atoms with Gasteiger partial charge in [-0.2, -0.15) is 0 Å². The highest BCUT2D eigenvalue weighted by molar-refractivity contribution is 5.66. The number of benzene rings is 2. The molecule has 1 aliphatic heterocycles. The normalized spacial score (nSPS) is 16.0. The maximum atomic E-state index is 10.8. The van der Waals surface area contributed by atoms with Gasteiger partial charge in [-0.1, -0.05) is 48.5 Å². The second kappa shape index (κ2) is 13.2. The van der Waals surface area contributed by atoms with E-state index >= 15 is 0 Å². The van der Waals surface area contributed by atoms with E-state index in [9.17, 15) is 4.79 Å². The Bertz CT molecular complexity index is 806. The molecule has 2 aromatic carbocycles. The highest BCUT2D eigenvalue weighted by Crippen LogP contribution is 2.21. The van der Waals surface area contributed by atoms with Gasteiger partial charge in [-0.25, -0.2) is 0 Å². The second-order valence-corrected chi connectivity index (χ2v) is 8.50. The number of ether oxygens (including phenoxy) is 2. The molecular formula is C26H36N2O4. The van der Waals surface area contributed by atoms with Gasteiger partial charge in [-0.05, 0) is 43.5 Å². The minimum absolute atomic E-state index is 0.0885. The quantitative estimate of drug-likeness (QED) is 0.482. The van der Waals surface area contributed by atoms with Gasteiger partial charge in [0.05, 0.1) is 0 Å². The summed E-state index contributed by atoms with van der Waals surface area (Å²) >= 11 is 0. The zero-order valence-electron chi connectivity index (χ0n) is 19.1. The number of nitrogens with zero attached hydrogens (tertiary/aromatic N) is 2. The summed E-state index contributed by atoms with van der Waals surface area (Å²) in [6, 6.07) is 18.7. The maximum Gasteiger partial charge on any atom is 0.303 e. The summed E-state index contributed by atoms with van der Waals surface area (Å²) in [5, 5.41) is 8.89. The first-order valence-electron chi connectivity index (χ1n) is 11.6. The van der Waals surface area contributed by atoms with Gasteiger partial charge in [-0.15, -0.1) is 0 Å². The van der Waals surface area contributed by atoms with Crippen LogP contribution in [0.1, 0.15) is 24.0 Å². The van der Waals surface area contributed by atoms with Crippen LogP contribution in [0.3, 0.4) is 0 Å². The summed E-state index contributed by atoms with van der Waals surface area (Å²) < 4.78 is 12.3. The molecule has 0 amide bonds. The van der Waals surface area contributed by atoms with Crippen molar-refractivity contribution in [1.82, 2.24) is 9.80 Å². The average Bonchev–Trinajstić information content (AvgIpc) is 2.81. The Morgan fingerprint density at radius 3 is 2.47 bits per heavy atom. The first kappa shape index (κ1) is 24.2. The lowest BCUT2D eigenvalue weighted by Gasteiger charge is -2.34. The third kappa shape index (κ3) is 8.61. The van der Waals surface area contributed by atoms with E-state index in [0.717, 1.165) is 51.3 Å². The highest BCUT2D eigenvalue weighted by atomic mass is 16.5. The van der Waals surface area contributed by atoms with E-state index < -0.39 is 5.97 Å². The van der Waals surface area contributed by atoms with E-state index in [1.54, 1.807) is 0 Å². The summed E-state index contributed by atoms with van der Waals surface area (Å²) in [4.78, 5) is 15.6. The molecule has 1 heterocycles. The Kier molecular flexibility index (Phi) is 10.0. The molecule has 2 aromatic rings. The predicted molar refractivity (Wildman–Crippen MR) is 126 cm³/mol. The zero-order chi connectivity index (χ0) is 22.6. The Balaban J connectivity index is 1.55. The molecule has 0 saturated carbocycles. The van der Waals surface area contributed by atoms with Crippen LogP contribution in [-0.4, -0.2) is 80.0 Å². The van der Waals surface area contributed by atoms with E-state index in [1.165, 1.54) is 11.1 Å². The molecule has 0 radical (unpaired) electrons. The van der Waals surface area contributed by atoms with Crippen molar-refractivity contribution in [1.29, 1.82) is 0 Å². The summed E-state index contributed by atoms with van der Waals surface area (Å²) in [6.45, 7) is 5.82. The average molecular weight is 441 g/mol. The van der Waals surface area contributed by atoms with Gasteiger partial charge in [0.15, 0.2) is 0 Å². The van der Waals surface area contributed by atoms with Crippen molar-refractivity contribution in [3.63, 3.8) is 0 Å².